The van der Waals surface area contributed by atoms with E-state index in [0.29, 0.717) is 6.54 Å². The molecular formula is C8H11FN2O. The molecule has 0 atom stereocenters. The van der Waals surface area contributed by atoms with E-state index in [1.54, 1.807) is 13.1 Å². The molecule has 1 N–H and O–H groups in total. The summed E-state index contributed by atoms with van der Waals surface area (Å²) in [4.78, 5) is 3.92. The maximum Gasteiger partial charge on any atom is 0.250 e. The molecular weight excluding hydrogens is 159 g/mol. The molecule has 1 heterocycles. The van der Waals surface area contributed by atoms with Crippen molar-refractivity contribution in [2.24, 2.45) is 0 Å². The molecule has 0 aliphatic rings. The van der Waals surface area contributed by atoms with E-state index in [4.69, 9.17) is 4.74 Å². The Bertz CT molecular complexity index is 265. The second-order valence-corrected chi connectivity index (χ2v) is 2.32. The average molecular weight is 170 g/mol. The summed E-state index contributed by atoms with van der Waals surface area (Å²) < 4.78 is 17.5. The quantitative estimate of drug-likeness (QED) is 0.733. The van der Waals surface area contributed by atoms with Crippen molar-refractivity contribution in [3.63, 3.8) is 0 Å². The summed E-state index contributed by atoms with van der Waals surface area (Å²) in [5, 5.41) is 2.91. The van der Waals surface area contributed by atoms with Crippen LogP contribution in [0.15, 0.2) is 12.1 Å². The Balaban J connectivity index is 2.89. The van der Waals surface area contributed by atoms with Gasteiger partial charge in [-0.3, -0.25) is 0 Å². The lowest BCUT2D eigenvalue weighted by molar-refractivity contribution is 0.367. The number of pyridine rings is 1. The van der Waals surface area contributed by atoms with Crippen molar-refractivity contribution in [1.29, 1.82) is 0 Å². The van der Waals surface area contributed by atoms with Crippen LogP contribution in [0.1, 0.15) is 5.69 Å². The van der Waals surface area contributed by atoms with Gasteiger partial charge in [-0.2, -0.15) is 0 Å². The molecule has 12 heavy (non-hydrogen) atoms. The van der Waals surface area contributed by atoms with E-state index in [-0.39, 0.29) is 5.88 Å². The van der Waals surface area contributed by atoms with Gasteiger partial charge in [-0.1, -0.05) is 0 Å². The molecule has 0 fully saturated rings. The van der Waals surface area contributed by atoms with Gasteiger partial charge >= 0.3 is 0 Å². The van der Waals surface area contributed by atoms with Crippen LogP contribution in [-0.4, -0.2) is 19.1 Å². The molecule has 66 valence electrons. The first-order chi connectivity index (χ1) is 5.77. The maximum absolute atomic E-state index is 12.8. The van der Waals surface area contributed by atoms with Gasteiger partial charge in [0.05, 0.1) is 12.8 Å². The molecule has 3 nitrogen and oxygen atoms in total. The highest BCUT2D eigenvalue weighted by Crippen LogP contribution is 2.12. The van der Waals surface area contributed by atoms with Crippen LogP contribution in [0.3, 0.4) is 0 Å². The molecule has 0 aliphatic heterocycles. The fraction of sp³-hybridized carbons (Fsp3) is 0.375. The molecule has 0 saturated carbocycles. The van der Waals surface area contributed by atoms with Gasteiger partial charge in [0.1, 0.15) is 0 Å². The highest BCUT2D eigenvalue weighted by atomic mass is 19.1. The van der Waals surface area contributed by atoms with Crippen LogP contribution in [0, 0.1) is 5.82 Å². The fourth-order valence-corrected chi connectivity index (χ4v) is 0.884. The normalized spacial score (nSPS) is 9.92. The van der Waals surface area contributed by atoms with E-state index in [0.717, 1.165) is 5.69 Å². The lowest BCUT2D eigenvalue weighted by atomic mass is 10.3. The van der Waals surface area contributed by atoms with E-state index in [1.807, 2.05) is 0 Å². The number of nitrogens with zero attached hydrogens (tertiary/aromatic N) is 1. The summed E-state index contributed by atoms with van der Waals surface area (Å²) in [6.45, 7) is 0.608. The molecule has 0 amide bonds. The van der Waals surface area contributed by atoms with Gasteiger partial charge in [0.15, 0.2) is 5.82 Å². The van der Waals surface area contributed by atoms with Crippen LogP contribution in [-0.2, 0) is 6.54 Å². The van der Waals surface area contributed by atoms with Gasteiger partial charge in [0.2, 0.25) is 5.88 Å². The third-order valence-corrected chi connectivity index (χ3v) is 1.42. The van der Waals surface area contributed by atoms with Gasteiger partial charge in [0, 0.05) is 6.54 Å². The van der Waals surface area contributed by atoms with Crippen LogP contribution in [0.25, 0.3) is 0 Å². The Labute approximate surface area is 70.6 Å². The Hall–Kier alpha value is -1.16. The first-order valence-electron chi connectivity index (χ1n) is 3.62. The molecule has 1 aromatic rings. The van der Waals surface area contributed by atoms with Crippen LogP contribution in [0.4, 0.5) is 4.39 Å². The molecule has 0 saturated heterocycles. The van der Waals surface area contributed by atoms with Gasteiger partial charge in [-0.05, 0) is 19.2 Å². The van der Waals surface area contributed by atoms with Gasteiger partial charge < -0.3 is 10.1 Å². The third kappa shape index (κ3) is 1.92. The Kier molecular flexibility index (Phi) is 2.99. The summed E-state index contributed by atoms with van der Waals surface area (Å²) in [7, 11) is 3.20. The van der Waals surface area contributed by atoms with Gasteiger partial charge in [-0.15, -0.1) is 0 Å². The average Bonchev–Trinajstić information content (AvgIpc) is 2.09. The van der Waals surface area contributed by atoms with E-state index >= 15 is 0 Å². The van der Waals surface area contributed by atoms with Gasteiger partial charge in [0.25, 0.3) is 0 Å². The van der Waals surface area contributed by atoms with Crippen LogP contribution >= 0.6 is 0 Å². The summed E-state index contributed by atoms with van der Waals surface area (Å²) in [6, 6.07) is 2.97. The first kappa shape index (κ1) is 8.93. The molecule has 1 aromatic heterocycles. The molecule has 0 radical (unpaired) electrons. The number of halogens is 1. The molecule has 0 bridgehead atoms. The fourth-order valence-electron chi connectivity index (χ4n) is 0.884. The monoisotopic (exact) mass is 170 g/mol. The standard InChI is InChI=1S/C8H11FN2O/c1-10-5-6-3-4-7(9)8(11-6)12-2/h3-4,10H,5H2,1-2H3. The second kappa shape index (κ2) is 4.01. The first-order valence-corrected chi connectivity index (χ1v) is 3.62. The topological polar surface area (TPSA) is 34.1 Å². The highest BCUT2D eigenvalue weighted by molar-refractivity contribution is 5.18. The van der Waals surface area contributed by atoms with Crippen molar-refractivity contribution in [3.05, 3.63) is 23.6 Å². The van der Waals surface area contributed by atoms with Gasteiger partial charge in [-0.25, -0.2) is 9.37 Å². The largest absolute Gasteiger partial charge is 0.479 e. The zero-order valence-corrected chi connectivity index (χ0v) is 7.10. The van der Waals surface area contributed by atoms with E-state index in [9.17, 15) is 4.39 Å². The molecule has 4 heteroatoms. The smallest absolute Gasteiger partial charge is 0.250 e. The van der Waals surface area contributed by atoms with E-state index in [2.05, 4.69) is 10.3 Å². The number of nitrogens with one attached hydrogen (secondary N) is 1. The van der Waals surface area contributed by atoms with E-state index in [1.165, 1.54) is 13.2 Å². The summed E-state index contributed by atoms with van der Waals surface area (Å²) in [5.41, 5.74) is 0.760. The SMILES string of the molecule is CNCc1ccc(F)c(OC)n1. The number of methoxy groups -OCH3 is 1. The Morgan fingerprint density at radius 2 is 2.33 bits per heavy atom. The lowest BCUT2D eigenvalue weighted by Gasteiger charge is -2.03. The Morgan fingerprint density at radius 1 is 1.58 bits per heavy atom. The third-order valence-electron chi connectivity index (χ3n) is 1.42. The zero-order chi connectivity index (χ0) is 8.97. The summed E-state index contributed by atoms with van der Waals surface area (Å²) in [6.07, 6.45) is 0. The highest BCUT2D eigenvalue weighted by Gasteiger charge is 2.03. The number of ether oxygens (including phenoxy) is 1. The van der Waals surface area contributed by atoms with Crippen molar-refractivity contribution < 1.29 is 9.13 Å². The number of rotatable bonds is 3. The van der Waals surface area contributed by atoms with Crippen molar-refractivity contribution >= 4 is 0 Å². The Morgan fingerprint density at radius 3 is 2.92 bits per heavy atom. The van der Waals surface area contributed by atoms with Crippen LogP contribution < -0.4 is 10.1 Å². The maximum atomic E-state index is 12.8. The van der Waals surface area contributed by atoms with E-state index < -0.39 is 5.82 Å². The molecule has 0 aliphatic carbocycles. The second-order valence-electron chi connectivity index (χ2n) is 2.32. The predicted molar refractivity (Wildman–Crippen MR) is 43.5 cm³/mol. The number of hydrogen-bond acceptors (Lipinski definition) is 3. The predicted octanol–water partition coefficient (Wildman–Crippen LogP) is 0.949. The molecule has 0 unspecified atom stereocenters. The van der Waals surface area contributed by atoms with Crippen LogP contribution in [0.5, 0.6) is 5.88 Å². The van der Waals surface area contributed by atoms with Crippen LogP contribution in [0.2, 0.25) is 0 Å². The summed E-state index contributed by atoms with van der Waals surface area (Å²) >= 11 is 0. The summed E-state index contributed by atoms with van der Waals surface area (Å²) in [5.74, 6) is -0.389. The minimum absolute atomic E-state index is 0.0442. The van der Waals surface area contributed by atoms with Crippen molar-refractivity contribution in [1.82, 2.24) is 10.3 Å². The molecule has 1 rings (SSSR count). The zero-order valence-electron chi connectivity index (χ0n) is 7.10. The lowest BCUT2D eigenvalue weighted by Crippen LogP contribution is -2.07. The van der Waals surface area contributed by atoms with Crippen molar-refractivity contribution in [2.45, 2.75) is 6.54 Å². The number of aromatic nitrogens is 1. The van der Waals surface area contributed by atoms with Crippen molar-refractivity contribution in [2.75, 3.05) is 14.2 Å². The van der Waals surface area contributed by atoms with Crippen molar-refractivity contribution in [3.8, 4) is 5.88 Å². The minimum Gasteiger partial charge on any atom is -0.479 e. The number of hydrogen-bond donors (Lipinski definition) is 1. The minimum atomic E-state index is -0.433. The molecule has 0 aromatic carbocycles. The molecule has 0 spiro atoms.